The Hall–Kier alpha value is -3.87. The van der Waals surface area contributed by atoms with E-state index in [1.165, 1.54) is 12.1 Å². The second kappa shape index (κ2) is 9.36. The standard InChI is InChI=1S/C22H21N3O4/c1-29-21-10-6-5-9-17(21)15-24-22(26)19-13-18(25(27)28)11-12-20(19)23-14-16-7-3-2-4-8-16/h2-13,23H,14-15H2,1H3,(H,24,26). The number of amides is 1. The molecule has 0 aliphatic rings. The van der Waals surface area contributed by atoms with Gasteiger partial charge in [-0.15, -0.1) is 0 Å². The van der Waals surface area contributed by atoms with Gasteiger partial charge in [0.1, 0.15) is 5.75 Å². The summed E-state index contributed by atoms with van der Waals surface area (Å²) in [4.78, 5) is 23.5. The summed E-state index contributed by atoms with van der Waals surface area (Å²) in [6.07, 6.45) is 0. The molecular weight excluding hydrogens is 370 g/mol. The van der Waals surface area contributed by atoms with Crippen LogP contribution in [0.4, 0.5) is 11.4 Å². The molecule has 3 rings (SSSR count). The number of carbonyl (C=O) groups excluding carboxylic acids is 1. The lowest BCUT2D eigenvalue weighted by atomic mass is 10.1. The third-order valence-electron chi connectivity index (χ3n) is 4.42. The highest BCUT2D eigenvalue weighted by Crippen LogP contribution is 2.23. The van der Waals surface area contributed by atoms with Gasteiger partial charge in [0.2, 0.25) is 0 Å². The average molecular weight is 391 g/mol. The molecule has 148 valence electrons. The number of nitro benzene ring substituents is 1. The van der Waals surface area contributed by atoms with Crippen LogP contribution in [0.3, 0.4) is 0 Å². The van der Waals surface area contributed by atoms with Crippen molar-refractivity contribution in [2.75, 3.05) is 12.4 Å². The normalized spacial score (nSPS) is 10.2. The SMILES string of the molecule is COc1ccccc1CNC(=O)c1cc([N+](=O)[O-])ccc1NCc1ccccc1. The Balaban J connectivity index is 1.79. The highest BCUT2D eigenvalue weighted by atomic mass is 16.6. The summed E-state index contributed by atoms with van der Waals surface area (Å²) in [6, 6.07) is 21.3. The number of ether oxygens (including phenoxy) is 1. The van der Waals surface area contributed by atoms with Gasteiger partial charge in [-0.3, -0.25) is 14.9 Å². The maximum atomic E-state index is 12.8. The van der Waals surface area contributed by atoms with Crippen molar-refractivity contribution in [1.29, 1.82) is 0 Å². The fourth-order valence-electron chi connectivity index (χ4n) is 2.90. The summed E-state index contributed by atoms with van der Waals surface area (Å²) in [5.74, 6) is 0.254. The quantitative estimate of drug-likeness (QED) is 0.444. The first-order valence-corrected chi connectivity index (χ1v) is 9.05. The van der Waals surface area contributed by atoms with Crippen LogP contribution in [0, 0.1) is 10.1 Å². The first kappa shape index (κ1) is 19.9. The van der Waals surface area contributed by atoms with Crippen molar-refractivity contribution < 1.29 is 14.5 Å². The van der Waals surface area contributed by atoms with E-state index in [1.807, 2.05) is 54.6 Å². The molecule has 3 aromatic carbocycles. The molecule has 0 fully saturated rings. The fourth-order valence-corrected chi connectivity index (χ4v) is 2.90. The van der Waals surface area contributed by atoms with Crippen molar-refractivity contribution in [1.82, 2.24) is 5.32 Å². The van der Waals surface area contributed by atoms with Crippen LogP contribution in [0.25, 0.3) is 0 Å². The third-order valence-corrected chi connectivity index (χ3v) is 4.42. The minimum atomic E-state index is -0.516. The Labute approximate surface area is 168 Å². The summed E-state index contributed by atoms with van der Waals surface area (Å²) < 4.78 is 5.29. The Morgan fingerprint density at radius 2 is 1.72 bits per heavy atom. The molecule has 0 aromatic heterocycles. The number of nitro groups is 1. The summed E-state index contributed by atoms with van der Waals surface area (Å²) in [5, 5.41) is 17.2. The molecule has 0 saturated heterocycles. The molecule has 0 atom stereocenters. The molecule has 7 nitrogen and oxygen atoms in total. The van der Waals surface area contributed by atoms with Gasteiger partial charge in [0.05, 0.1) is 17.6 Å². The Bertz CT molecular complexity index is 1010. The van der Waals surface area contributed by atoms with E-state index in [-0.39, 0.29) is 17.8 Å². The monoisotopic (exact) mass is 391 g/mol. The van der Waals surface area contributed by atoms with Gasteiger partial charge < -0.3 is 15.4 Å². The van der Waals surface area contributed by atoms with Crippen molar-refractivity contribution in [2.24, 2.45) is 0 Å². The lowest BCUT2D eigenvalue weighted by Gasteiger charge is -2.13. The van der Waals surface area contributed by atoms with E-state index in [0.717, 1.165) is 11.1 Å². The topological polar surface area (TPSA) is 93.5 Å². The van der Waals surface area contributed by atoms with Crippen molar-refractivity contribution in [3.05, 3.63) is 99.6 Å². The van der Waals surface area contributed by atoms with E-state index >= 15 is 0 Å². The second-order valence-corrected chi connectivity index (χ2v) is 6.32. The fraction of sp³-hybridized carbons (Fsp3) is 0.136. The number of hydrogen-bond donors (Lipinski definition) is 2. The second-order valence-electron chi connectivity index (χ2n) is 6.32. The summed E-state index contributed by atoms with van der Waals surface area (Å²) >= 11 is 0. The minimum absolute atomic E-state index is 0.141. The number of nitrogens with zero attached hydrogens (tertiary/aromatic N) is 1. The van der Waals surface area contributed by atoms with E-state index in [4.69, 9.17) is 4.74 Å². The van der Waals surface area contributed by atoms with Gasteiger partial charge in [-0.1, -0.05) is 48.5 Å². The van der Waals surface area contributed by atoms with Crippen LogP contribution in [-0.2, 0) is 13.1 Å². The molecular formula is C22H21N3O4. The molecule has 0 spiro atoms. The van der Waals surface area contributed by atoms with Gasteiger partial charge in [-0.25, -0.2) is 0 Å². The molecule has 3 aromatic rings. The highest BCUT2D eigenvalue weighted by molar-refractivity contribution is 6.00. The van der Waals surface area contributed by atoms with E-state index < -0.39 is 10.8 Å². The number of methoxy groups -OCH3 is 1. The number of hydrogen-bond acceptors (Lipinski definition) is 5. The average Bonchev–Trinajstić information content (AvgIpc) is 2.76. The first-order valence-electron chi connectivity index (χ1n) is 9.05. The first-order chi connectivity index (χ1) is 14.1. The Morgan fingerprint density at radius 1 is 1.00 bits per heavy atom. The number of anilines is 1. The highest BCUT2D eigenvalue weighted by Gasteiger charge is 2.17. The summed E-state index contributed by atoms with van der Waals surface area (Å²) in [7, 11) is 1.56. The Morgan fingerprint density at radius 3 is 2.45 bits per heavy atom. The lowest BCUT2D eigenvalue weighted by Crippen LogP contribution is -2.24. The molecule has 1 amide bonds. The lowest BCUT2D eigenvalue weighted by molar-refractivity contribution is -0.384. The van der Waals surface area contributed by atoms with Crippen LogP contribution in [0.5, 0.6) is 5.75 Å². The van der Waals surface area contributed by atoms with E-state index in [0.29, 0.717) is 18.0 Å². The van der Waals surface area contributed by atoms with E-state index in [2.05, 4.69) is 10.6 Å². The molecule has 0 bridgehead atoms. The summed E-state index contributed by atoms with van der Waals surface area (Å²) in [5.41, 5.74) is 2.44. The third kappa shape index (κ3) is 5.10. The predicted molar refractivity (Wildman–Crippen MR) is 111 cm³/mol. The maximum Gasteiger partial charge on any atom is 0.270 e. The van der Waals surface area contributed by atoms with Crippen LogP contribution in [0.15, 0.2) is 72.8 Å². The van der Waals surface area contributed by atoms with Gasteiger partial charge in [-0.2, -0.15) is 0 Å². The molecule has 0 aliphatic heterocycles. The smallest absolute Gasteiger partial charge is 0.270 e. The summed E-state index contributed by atoms with van der Waals surface area (Å²) in [6.45, 7) is 0.731. The van der Waals surface area contributed by atoms with E-state index in [1.54, 1.807) is 13.2 Å². The van der Waals surface area contributed by atoms with Crippen LogP contribution in [0.2, 0.25) is 0 Å². The van der Waals surface area contributed by atoms with Crippen LogP contribution in [0.1, 0.15) is 21.5 Å². The molecule has 29 heavy (non-hydrogen) atoms. The zero-order chi connectivity index (χ0) is 20.6. The maximum absolute atomic E-state index is 12.8. The number of benzene rings is 3. The van der Waals surface area contributed by atoms with Gasteiger partial charge in [0.25, 0.3) is 11.6 Å². The zero-order valence-electron chi connectivity index (χ0n) is 15.9. The zero-order valence-corrected chi connectivity index (χ0v) is 15.9. The Kier molecular flexibility index (Phi) is 6.42. The molecule has 0 radical (unpaired) electrons. The van der Waals surface area contributed by atoms with Crippen LogP contribution >= 0.6 is 0 Å². The molecule has 0 unspecified atom stereocenters. The molecule has 0 heterocycles. The molecule has 7 heteroatoms. The van der Waals surface area contributed by atoms with Crippen LogP contribution < -0.4 is 15.4 Å². The van der Waals surface area contributed by atoms with Crippen molar-refractivity contribution in [3.8, 4) is 5.75 Å². The number of para-hydroxylation sites is 1. The molecule has 0 aliphatic carbocycles. The number of carbonyl (C=O) groups is 1. The van der Waals surface area contributed by atoms with Gasteiger partial charge in [0.15, 0.2) is 0 Å². The minimum Gasteiger partial charge on any atom is -0.496 e. The van der Waals surface area contributed by atoms with Crippen LogP contribution in [-0.4, -0.2) is 17.9 Å². The number of non-ortho nitro benzene ring substituents is 1. The van der Waals surface area contributed by atoms with Gasteiger partial charge in [-0.05, 0) is 17.7 Å². The van der Waals surface area contributed by atoms with Gasteiger partial charge in [0, 0.05) is 36.5 Å². The molecule has 0 saturated carbocycles. The predicted octanol–water partition coefficient (Wildman–Crippen LogP) is 4.15. The number of nitrogens with one attached hydrogen (secondary N) is 2. The largest absolute Gasteiger partial charge is 0.496 e. The number of rotatable bonds is 8. The van der Waals surface area contributed by atoms with Crippen molar-refractivity contribution >= 4 is 17.3 Å². The van der Waals surface area contributed by atoms with E-state index in [9.17, 15) is 14.9 Å². The molecule has 2 N–H and O–H groups in total. The van der Waals surface area contributed by atoms with Gasteiger partial charge >= 0.3 is 0 Å². The van der Waals surface area contributed by atoms with Crippen molar-refractivity contribution in [3.63, 3.8) is 0 Å². The van der Waals surface area contributed by atoms with Crippen molar-refractivity contribution in [2.45, 2.75) is 13.1 Å².